The fourth-order valence-electron chi connectivity index (χ4n) is 2.26. The molecule has 2 rings (SSSR count). The normalized spacial score (nSPS) is 16.2. The molecule has 0 saturated carbocycles. The van der Waals surface area contributed by atoms with Gasteiger partial charge in [0.25, 0.3) is 5.91 Å². The van der Waals surface area contributed by atoms with Crippen LogP contribution in [0.2, 0.25) is 0 Å². The number of piperazine rings is 1. The van der Waals surface area contributed by atoms with Crippen molar-refractivity contribution in [1.82, 2.24) is 9.80 Å². The first kappa shape index (κ1) is 15.0. The summed E-state index contributed by atoms with van der Waals surface area (Å²) < 4.78 is 0.801. The number of halogens is 1. The fourth-order valence-corrected chi connectivity index (χ4v) is 2.93. The Hall–Kier alpha value is -1.40. The number of nitrogens with zero attached hydrogens (tertiary/aromatic N) is 2. The number of carboxylic acids is 1. The molecule has 0 bridgehead atoms. The molecule has 1 aliphatic rings. The van der Waals surface area contributed by atoms with Gasteiger partial charge in [0.05, 0.1) is 12.1 Å². The zero-order chi connectivity index (χ0) is 14.7. The Bertz CT molecular complexity index is 525. The fraction of sp³-hybridized carbons (Fsp3) is 0.429. The van der Waals surface area contributed by atoms with Crippen LogP contribution in [-0.4, -0.2) is 59.5 Å². The van der Waals surface area contributed by atoms with Gasteiger partial charge in [0.15, 0.2) is 0 Å². The Morgan fingerprint density at radius 3 is 2.45 bits per heavy atom. The molecule has 1 amide bonds. The number of benzene rings is 1. The number of carbonyl (C=O) groups excluding carboxylic acids is 1. The first-order valence-electron chi connectivity index (χ1n) is 6.47. The topological polar surface area (TPSA) is 60.9 Å². The summed E-state index contributed by atoms with van der Waals surface area (Å²) in [6, 6.07) is 5.66. The third-order valence-electron chi connectivity index (χ3n) is 3.37. The minimum Gasteiger partial charge on any atom is -0.480 e. The van der Waals surface area contributed by atoms with Crippen molar-refractivity contribution in [2.45, 2.75) is 6.92 Å². The summed E-state index contributed by atoms with van der Waals surface area (Å²) in [6.45, 7) is 4.34. The van der Waals surface area contributed by atoms with Gasteiger partial charge in [-0.3, -0.25) is 14.5 Å². The molecule has 0 spiro atoms. The van der Waals surface area contributed by atoms with Crippen molar-refractivity contribution in [2.75, 3.05) is 32.7 Å². The Kier molecular flexibility index (Phi) is 4.77. The summed E-state index contributed by atoms with van der Waals surface area (Å²) in [5.41, 5.74) is 1.75. The van der Waals surface area contributed by atoms with Crippen LogP contribution in [0.25, 0.3) is 0 Å². The highest BCUT2D eigenvalue weighted by Gasteiger charge is 2.24. The number of aliphatic carboxylic acids is 1. The van der Waals surface area contributed by atoms with Crippen LogP contribution in [0.3, 0.4) is 0 Å². The molecular formula is C14H17BrN2O3. The SMILES string of the molecule is Cc1ccc(C(=O)N2CCN(CC(=O)O)CC2)c(Br)c1. The van der Waals surface area contributed by atoms with Gasteiger partial charge in [-0.05, 0) is 40.5 Å². The number of amides is 1. The molecule has 1 aromatic carbocycles. The molecule has 108 valence electrons. The third kappa shape index (κ3) is 3.58. The number of hydrogen-bond acceptors (Lipinski definition) is 3. The van der Waals surface area contributed by atoms with E-state index in [1.165, 1.54) is 0 Å². The number of carboxylic acid groups (broad SMARTS) is 1. The van der Waals surface area contributed by atoms with Gasteiger partial charge in [-0.25, -0.2) is 0 Å². The van der Waals surface area contributed by atoms with Gasteiger partial charge in [-0.15, -0.1) is 0 Å². The number of aryl methyl sites for hydroxylation is 1. The van der Waals surface area contributed by atoms with Crippen molar-refractivity contribution < 1.29 is 14.7 Å². The summed E-state index contributed by atoms with van der Waals surface area (Å²) in [5, 5.41) is 8.75. The lowest BCUT2D eigenvalue weighted by Crippen LogP contribution is -2.49. The largest absolute Gasteiger partial charge is 0.480 e. The summed E-state index contributed by atoms with van der Waals surface area (Å²) in [7, 11) is 0. The molecule has 0 aromatic heterocycles. The molecule has 1 heterocycles. The minimum atomic E-state index is -0.828. The molecule has 1 aromatic rings. The Balaban J connectivity index is 1.99. The van der Waals surface area contributed by atoms with Gasteiger partial charge < -0.3 is 10.0 Å². The van der Waals surface area contributed by atoms with E-state index in [0.29, 0.717) is 31.7 Å². The third-order valence-corrected chi connectivity index (χ3v) is 4.03. The number of hydrogen-bond donors (Lipinski definition) is 1. The predicted octanol–water partition coefficient (Wildman–Crippen LogP) is 1.60. The molecule has 1 fully saturated rings. The van der Waals surface area contributed by atoms with Gasteiger partial charge in [0.2, 0.25) is 0 Å². The smallest absolute Gasteiger partial charge is 0.317 e. The van der Waals surface area contributed by atoms with Crippen LogP contribution < -0.4 is 0 Å². The van der Waals surface area contributed by atoms with E-state index in [4.69, 9.17) is 5.11 Å². The highest BCUT2D eigenvalue weighted by atomic mass is 79.9. The maximum atomic E-state index is 12.4. The van der Waals surface area contributed by atoms with Gasteiger partial charge in [0, 0.05) is 30.7 Å². The van der Waals surface area contributed by atoms with Crippen LogP contribution in [0.1, 0.15) is 15.9 Å². The van der Waals surface area contributed by atoms with E-state index >= 15 is 0 Å². The van der Waals surface area contributed by atoms with Crippen LogP contribution in [0.4, 0.5) is 0 Å². The highest BCUT2D eigenvalue weighted by molar-refractivity contribution is 9.10. The van der Waals surface area contributed by atoms with Crippen LogP contribution in [0.15, 0.2) is 22.7 Å². The molecular weight excluding hydrogens is 324 g/mol. The van der Waals surface area contributed by atoms with E-state index in [2.05, 4.69) is 15.9 Å². The van der Waals surface area contributed by atoms with Crippen molar-refractivity contribution in [3.05, 3.63) is 33.8 Å². The summed E-state index contributed by atoms with van der Waals surface area (Å²) >= 11 is 3.42. The maximum Gasteiger partial charge on any atom is 0.317 e. The number of rotatable bonds is 3. The van der Waals surface area contributed by atoms with Crippen molar-refractivity contribution >= 4 is 27.8 Å². The van der Waals surface area contributed by atoms with Gasteiger partial charge in [-0.1, -0.05) is 6.07 Å². The minimum absolute atomic E-state index is 0.00755. The van der Waals surface area contributed by atoms with Gasteiger partial charge >= 0.3 is 5.97 Å². The molecule has 0 aliphatic carbocycles. The number of carbonyl (C=O) groups is 2. The second kappa shape index (κ2) is 6.37. The van der Waals surface area contributed by atoms with E-state index in [0.717, 1.165) is 10.0 Å². The lowest BCUT2D eigenvalue weighted by atomic mass is 10.1. The predicted molar refractivity (Wildman–Crippen MR) is 78.9 cm³/mol. The molecule has 20 heavy (non-hydrogen) atoms. The molecule has 1 N–H and O–H groups in total. The Morgan fingerprint density at radius 2 is 1.90 bits per heavy atom. The van der Waals surface area contributed by atoms with Gasteiger partial charge in [0.1, 0.15) is 0 Å². The average molecular weight is 341 g/mol. The zero-order valence-corrected chi connectivity index (χ0v) is 12.9. The zero-order valence-electron chi connectivity index (χ0n) is 11.3. The average Bonchev–Trinajstić information content (AvgIpc) is 2.38. The van der Waals surface area contributed by atoms with E-state index in [1.54, 1.807) is 4.90 Å². The molecule has 1 aliphatic heterocycles. The highest BCUT2D eigenvalue weighted by Crippen LogP contribution is 2.20. The van der Waals surface area contributed by atoms with Crippen LogP contribution in [0, 0.1) is 6.92 Å². The molecule has 1 saturated heterocycles. The summed E-state index contributed by atoms with van der Waals surface area (Å²) in [6.07, 6.45) is 0. The lowest BCUT2D eigenvalue weighted by molar-refractivity contribution is -0.138. The first-order chi connectivity index (χ1) is 9.47. The Labute approximate surface area is 126 Å². The van der Waals surface area contributed by atoms with Crippen LogP contribution >= 0.6 is 15.9 Å². The lowest BCUT2D eigenvalue weighted by Gasteiger charge is -2.34. The van der Waals surface area contributed by atoms with Crippen molar-refractivity contribution in [1.29, 1.82) is 0 Å². The monoisotopic (exact) mass is 340 g/mol. The van der Waals surface area contributed by atoms with E-state index in [1.807, 2.05) is 30.0 Å². The second-order valence-electron chi connectivity index (χ2n) is 4.95. The summed E-state index contributed by atoms with van der Waals surface area (Å²) in [4.78, 5) is 26.7. The standard InChI is InChI=1S/C14H17BrN2O3/c1-10-2-3-11(12(15)8-10)14(20)17-6-4-16(5-7-17)9-13(18)19/h2-3,8H,4-7,9H2,1H3,(H,18,19). The van der Waals surface area contributed by atoms with Gasteiger partial charge in [-0.2, -0.15) is 0 Å². The van der Waals surface area contributed by atoms with E-state index in [-0.39, 0.29) is 12.5 Å². The van der Waals surface area contributed by atoms with E-state index in [9.17, 15) is 9.59 Å². The van der Waals surface area contributed by atoms with E-state index < -0.39 is 5.97 Å². The molecule has 0 unspecified atom stereocenters. The van der Waals surface area contributed by atoms with Crippen LogP contribution in [-0.2, 0) is 4.79 Å². The van der Waals surface area contributed by atoms with Crippen LogP contribution in [0.5, 0.6) is 0 Å². The summed E-state index contributed by atoms with van der Waals surface area (Å²) in [5.74, 6) is -0.835. The first-order valence-corrected chi connectivity index (χ1v) is 7.26. The maximum absolute atomic E-state index is 12.4. The molecule has 0 atom stereocenters. The Morgan fingerprint density at radius 1 is 1.25 bits per heavy atom. The van der Waals surface area contributed by atoms with Crippen molar-refractivity contribution in [3.8, 4) is 0 Å². The quantitative estimate of drug-likeness (QED) is 0.907. The molecule has 0 radical (unpaired) electrons. The second-order valence-corrected chi connectivity index (χ2v) is 5.80. The molecule has 6 heteroatoms. The van der Waals surface area contributed by atoms with Crippen molar-refractivity contribution in [3.63, 3.8) is 0 Å². The van der Waals surface area contributed by atoms with Crippen molar-refractivity contribution in [2.24, 2.45) is 0 Å². The molecule has 5 nitrogen and oxygen atoms in total.